The Labute approximate surface area is 126 Å². The van der Waals surface area contributed by atoms with Crippen LogP contribution < -0.4 is 16.2 Å². The highest BCUT2D eigenvalue weighted by molar-refractivity contribution is 7.80. The van der Waals surface area contributed by atoms with Crippen molar-refractivity contribution < 1.29 is 4.79 Å². The zero-order valence-electron chi connectivity index (χ0n) is 11.6. The van der Waals surface area contributed by atoms with Crippen molar-refractivity contribution >= 4 is 28.9 Å². The van der Waals surface area contributed by atoms with Gasteiger partial charge in [0.2, 0.25) is 0 Å². The van der Waals surface area contributed by atoms with E-state index in [1.54, 1.807) is 0 Å². The monoisotopic (exact) mass is 305 g/mol. The van der Waals surface area contributed by atoms with Gasteiger partial charge < -0.3 is 5.32 Å². The van der Waals surface area contributed by atoms with Crippen LogP contribution in [-0.2, 0) is 11.3 Å². The maximum Gasteiger partial charge on any atom is 0.260 e. The average Bonchev–Trinajstić information content (AvgIpc) is 2.93. The Balaban J connectivity index is 1.82. The molecule has 3 N–H and O–H groups in total. The molecule has 110 valence electrons. The van der Waals surface area contributed by atoms with E-state index in [4.69, 9.17) is 12.2 Å². The molecule has 0 fully saturated rings. The second-order valence-corrected chi connectivity index (χ2v) is 4.86. The van der Waals surface area contributed by atoms with Crippen LogP contribution in [0, 0.1) is 13.8 Å². The number of aryl methyl sites for hydroxylation is 2. The molecule has 0 spiro atoms. The molecular weight excluding hydrogens is 290 g/mol. The number of nitrogens with one attached hydrogen (secondary N) is 3. The highest BCUT2D eigenvalue weighted by atomic mass is 32.1. The largest absolute Gasteiger partial charge is 0.331 e. The minimum absolute atomic E-state index is 0.00604. The molecule has 0 radical (unpaired) electrons. The standard InChI is InChI=1S/C12H15N7OS/c1-8-3-4-9(2)10(5-8)14-12(21)16-15-11(20)6-19-7-13-17-18-19/h3-5,7H,6H2,1-2H3,(H,15,20)(H2,14,16,21). The SMILES string of the molecule is Cc1ccc(C)c(NC(=S)NNC(=O)Cn2cnnn2)c1. The number of thiocarbonyl (C=S) groups is 1. The summed E-state index contributed by atoms with van der Waals surface area (Å²) in [5.74, 6) is -0.313. The normalized spacial score (nSPS) is 10.0. The molecule has 0 saturated heterocycles. The lowest BCUT2D eigenvalue weighted by molar-refractivity contribution is -0.122. The molecule has 0 aliphatic rings. The number of tetrazole rings is 1. The summed E-state index contributed by atoms with van der Waals surface area (Å²) >= 11 is 5.12. The van der Waals surface area contributed by atoms with E-state index in [1.165, 1.54) is 11.0 Å². The maximum absolute atomic E-state index is 11.6. The van der Waals surface area contributed by atoms with Gasteiger partial charge in [-0.1, -0.05) is 12.1 Å². The molecule has 21 heavy (non-hydrogen) atoms. The summed E-state index contributed by atoms with van der Waals surface area (Å²) in [5, 5.41) is 13.8. The minimum Gasteiger partial charge on any atom is -0.331 e. The van der Waals surface area contributed by atoms with Crippen molar-refractivity contribution in [3.05, 3.63) is 35.7 Å². The number of nitrogens with zero attached hydrogens (tertiary/aromatic N) is 4. The first kappa shape index (κ1) is 14.9. The third-order valence-electron chi connectivity index (χ3n) is 2.65. The molecule has 9 heteroatoms. The fourth-order valence-corrected chi connectivity index (χ4v) is 1.75. The number of carbonyl (C=O) groups is 1. The van der Waals surface area contributed by atoms with Crippen LogP contribution in [0.4, 0.5) is 5.69 Å². The Hall–Kier alpha value is -2.55. The number of amides is 1. The first-order chi connectivity index (χ1) is 10.0. The van der Waals surface area contributed by atoms with Crippen LogP contribution in [0.1, 0.15) is 11.1 Å². The van der Waals surface area contributed by atoms with Crippen LogP contribution in [0.15, 0.2) is 24.5 Å². The predicted molar refractivity (Wildman–Crippen MR) is 81.2 cm³/mol. The van der Waals surface area contributed by atoms with Gasteiger partial charge in [0.15, 0.2) is 5.11 Å². The number of aromatic nitrogens is 4. The summed E-state index contributed by atoms with van der Waals surface area (Å²) in [6.45, 7) is 3.97. The number of anilines is 1. The van der Waals surface area contributed by atoms with E-state index in [9.17, 15) is 4.79 Å². The third-order valence-corrected chi connectivity index (χ3v) is 2.86. The molecule has 0 saturated carbocycles. The number of hydrogen-bond donors (Lipinski definition) is 3. The van der Waals surface area contributed by atoms with Crippen LogP contribution in [-0.4, -0.2) is 31.2 Å². The Morgan fingerprint density at radius 3 is 2.86 bits per heavy atom. The molecule has 0 aliphatic carbocycles. The number of rotatable bonds is 3. The van der Waals surface area contributed by atoms with Gasteiger partial charge in [-0.2, -0.15) is 0 Å². The van der Waals surface area contributed by atoms with Crippen molar-refractivity contribution in [2.45, 2.75) is 20.4 Å². The molecule has 0 bridgehead atoms. The van der Waals surface area contributed by atoms with E-state index >= 15 is 0 Å². The highest BCUT2D eigenvalue weighted by Crippen LogP contribution is 2.15. The molecule has 0 unspecified atom stereocenters. The van der Waals surface area contributed by atoms with Crippen LogP contribution in [0.3, 0.4) is 0 Å². The first-order valence-electron chi connectivity index (χ1n) is 6.18. The molecule has 1 aromatic heterocycles. The van der Waals surface area contributed by atoms with Gasteiger partial charge >= 0.3 is 0 Å². The van der Waals surface area contributed by atoms with Gasteiger partial charge in [0.25, 0.3) is 5.91 Å². The second-order valence-electron chi connectivity index (χ2n) is 4.45. The van der Waals surface area contributed by atoms with Gasteiger partial charge in [0.05, 0.1) is 0 Å². The summed E-state index contributed by atoms with van der Waals surface area (Å²) in [6, 6.07) is 5.99. The van der Waals surface area contributed by atoms with Crippen LogP contribution in [0.25, 0.3) is 0 Å². The molecule has 1 aromatic carbocycles. The van der Waals surface area contributed by atoms with E-state index in [2.05, 4.69) is 31.7 Å². The van der Waals surface area contributed by atoms with E-state index in [-0.39, 0.29) is 12.5 Å². The minimum atomic E-state index is -0.313. The number of benzene rings is 1. The van der Waals surface area contributed by atoms with Crippen LogP contribution >= 0.6 is 12.2 Å². The number of hydrazine groups is 1. The summed E-state index contributed by atoms with van der Waals surface area (Å²) in [4.78, 5) is 11.6. The third kappa shape index (κ3) is 4.49. The van der Waals surface area contributed by atoms with E-state index in [1.807, 2.05) is 32.0 Å². The van der Waals surface area contributed by atoms with Gasteiger partial charge in [0.1, 0.15) is 12.9 Å². The van der Waals surface area contributed by atoms with Gasteiger partial charge in [-0.15, -0.1) is 5.10 Å². The summed E-state index contributed by atoms with van der Waals surface area (Å²) in [7, 11) is 0. The number of carbonyl (C=O) groups excluding carboxylic acids is 1. The van der Waals surface area contributed by atoms with Crippen molar-refractivity contribution in [3.8, 4) is 0 Å². The zero-order chi connectivity index (χ0) is 15.2. The smallest absolute Gasteiger partial charge is 0.260 e. The summed E-state index contributed by atoms with van der Waals surface area (Å²) in [5.41, 5.74) is 8.16. The van der Waals surface area contributed by atoms with Crippen LogP contribution in [0.5, 0.6) is 0 Å². The molecule has 1 heterocycles. The van der Waals surface area contributed by atoms with E-state index in [0.29, 0.717) is 5.11 Å². The lowest BCUT2D eigenvalue weighted by atomic mass is 10.1. The molecule has 0 aliphatic heterocycles. The Morgan fingerprint density at radius 1 is 1.33 bits per heavy atom. The van der Waals surface area contributed by atoms with Gasteiger partial charge in [-0.05, 0) is 53.7 Å². The molecule has 1 amide bonds. The molecule has 2 aromatic rings. The van der Waals surface area contributed by atoms with Gasteiger partial charge in [-0.25, -0.2) is 4.68 Å². The zero-order valence-corrected chi connectivity index (χ0v) is 12.4. The first-order valence-corrected chi connectivity index (χ1v) is 6.59. The van der Waals surface area contributed by atoms with Crippen LogP contribution in [0.2, 0.25) is 0 Å². The highest BCUT2D eigenvalue weighted by Gasteiger charge is 2.05. The molecular formula is C12H15N7OS. The Kier molecular flexibility index (Phi) is 4.77. The maximum atomic E-state index is 11.6. The van der Waals surface area contributed by atoms with Gasteiger partial charge in [0, 0.05) is 5.69 Å². The topological polar surface area (TPSA) is 96.8 Å². The Bertz CT molecular complexity index is 641. The number of hydrogen-bond acceptors (Lipinski definition) is 5. The van der Waals surface area contributed by atoms with Crippen molar-refractivity contribution in [3.63, 3.8) is 0 Å². The quantitative estimate of drug-likeness (QED) is 0.554. The Morgan fingerprint density at radius 2 is 2.14 bits per heavy atom. The van der Waals surface area contributed by atoms with Crippen molar-refractivity contribution in [2.24, 2.45) is 0 Å². The average molecular weight is 305 g/mol. The van der Waals surface area contributed by atoms with Crippen molar-refractivity contribution in [1.82, 2.24) is 31.1 Å². The molecule has 2 rings (SSSR count). The van der Waals surface area contributed by atoms with E-state index in [0.717, 1.165) is 16.8 Å². The summed E-state index contributed by atoms with van der Waals surface area (Å²) < 4.78 is 1.30. The lowest BCUT2D eigenvalue weighted by Gasteiger charge is -2.13. The predicted octanol–water partition coefficient (Wildman–Crippen LogP) is 0.308. The van der Waals surface area contributed by atoms with Crippen molar-refractivity contribution in [1.29, 1.82) is 0 Å². The van der Waals surface area contributed by atoms with Crippen molar-refractivity contribution in [2.75, 3.05) is 5.32 Å². The lowest BCUT2D eigenvalue weighted by Crippen LogP contribution is -2.45. The fraction of sp³-hybridized carbons (Fsp3) is 0.250. The second kappa shape index (κ2) is 6.75. The fourth-order valence-electron chi connectivity index (χ4n) is 1.59. The molecule has 8 nitrogen and oxygen atoms in total. The summed E-state index contributed by atoms with van der Waals surface area (Å²) in [6.07, 6.45) is 1.35. The molecule has 0 atom stereocenters. The van der Waals surface area contributed by atoms with E-state index < -0.39 is 0 Å². The van der Waals surface area contributed by atoms with Gasteiger partial charge in [-0.3, -0.25) is 15.6 Å².